The number of hydrogen-bond donors (Lipinski definition) is 1. The van der Waals surface area contributed by atoms with E-state index in [0.29, 0.717) is 17.0 Å². The molecule has 0 unspecified atom stereocenters. The molecule has 0 radical (unpaired) electrons. The Morgan fingerprint density at radius 1 is 1.31 bits per heavy atom. The number of nitrogens with one attached hydrogen (secondary N) is 1. The summed E-state index contributed by atoms with van der Waals surface area (Å²) in [6, 6.07) is 7.01. The van der Waals surface area contributed by atoms with Crippen LogP contribution in [-0.2, 0) is 11.3 Å². The molecule has 1 N–H and O–H groups in total. The summed E-state index contributed by atoms with van der Waals surface area (Å²) in [7, 11) is 1.53. The molecule has 1 aliphatic rings. The molecule has 0 aliphatic carbocycles. The molecule has 2 aromatic rings. The topological polar surface area (TPSA) is 84.4 Å². The fourth-order valence-corrected chi connectivity index (χ4v) is 3.22. The summed E-state index contributed by atoms with van der Waals surface area (Å²) in [6.07, 6.45) is 5.16. The third-order valence-electron chi connectivity index (χ3n) is 4.48. The van der Waals surface area contributed by atoms with Gasteiger partial charge < -0.3 is 15.0 Å². The number of para-hydroxylation sites is 1. The van der Waals surface area contributed by atoms with E-state index < -0.39 is 0 Å². The minimum atomic E-state index is -0.235. The Kier molecular flexibility index (Phi) is 5.46. The maximum Gasteiger partial charge on any atom is 0.255 e. The number of rotatable bonds is 5. The van der Waals surface area contributed by atoms with Gasteiger partial charge in [-0.05, 0) is 25.0 Å². The number of benzene rings is 1. The number of aromatic nitrogens is 2. The first kappa shape index (κ1) is 17.8. The lowest BCUT2D eigenvalue weighted by Gasteiger charge is -2.22. The van der Waals surface area contributed by atoms with Crippen molar-refractivity contribution in [2.75, 3.05) is 13.7 Å². The first-order chi connectivity index (χ1) is 12.6. The highest BCUT2D eigenvalue weighted by molar-refractivity contribution is 5.96. The Morgan fingerprint density at radius 3 is 2.88 bits per heavy atom. The van der Waals surface area contributed by atoms with Crippen molar-refractivity contribution in [1.82, 2.24) is 20.2 Å². The van der Waals surface area contributed by atoms with E-state index >= 15 is 0 Å². The van der Waals surface area contributed by atoms with Gasteiger partial charge in [0.25, 0.3) is 5.91 Å². The zero-order chi connectivity index (χ0) is 18.5. The van der Waals surface area contributed by atoms with E-state index in [9.17, 15) is 9.59 Å². The molecule has 0 bridgehead atoms. The van der Waals surface area contributed by atoms with Crippen molar-refractivity contribution in [1.29, 1.82) is 0 Å². The number of hydrogen-bond acceptors (Lipinski definition) is 5. The highest BCUT2D eigenvalue weighted by Gasteiger charge is 2.29. The molecule has 1 aromatic heterocycles. The zero-order valence-corrected chi connectivity index (χ0v) is 14.9. The second-order valence-corrected chi connectivity index (χ2v) is 6.19. The molecule has 1 saturated heterocycles. The van der Waals surface area contributed by atoms with Crippen LogP contribution in [0.15, 0.2) is 36.7 Å². The first-order valence-corrected chi connectivity index (χ1v) is 8.59. The molecule has 1 fully saturated rings. The number of nitrogens with zero attached hydrogens (tertiary/aromatic N) is 3. The SMILES string of the molecule is COc1ccccc1C(=O)NCc1cncc([C@@H]2CCCN2C(C)=O)n1. The number of carbonyl (C=O) groups is 2. The van der Waals surface area contributed by atoms with Crippen LogP contribution in [0, 0.1) is 0 Å². The van der Waals surface area contributed by atoms with Gasteiger partial charge in [0.05, 0.1) is 49.0 Å². The van der Waals surface area contributed by atoms with Gasteiger partial charge in [-0.2, -0.15) is 0 Å². The van der Waals surface area contributed by atoms with Gasteiger partial charge in [-0.1, -0.05) is 12.1 Å². The Labute approximate surface area is 152 Å². The Bertz CT molecular complexity index is 809. The van der Waals surface area contributed by atoms with E-state index in [0.717, 1.165) is 25.1 Å². The summed E-state index contributed by atoms with van der Waals surface area (Å²) in [6.45, 7) is 2.57. The van der Waals surface area contributed by atoms with Crippen LogP contribution in [0.3, 0.4) is 0 Å². The summed E-state index contributed by atoms with van der Waals surface area (Å²) in [5.41, 5.74) is 1.89. The van der Waals surface area contributed by atoms with E-state index in [4.69, 9.17) is 4.74 Å². The van der Waals surface area contributed by atoms with Crippen LogP contribution in [0.4, 0.5) is 0 Å². The summed E-state index contributed by atoms with van der Waals surface area (Å²) in [5.74, 6) is 0.331. The monoisotopic (exact) mass is 354 g/mol. The Morgan fingerprint density at radius 2 is 2.12 bits per heavy atom. The summed E-state index contributed by atoms with van der Waals surface area (Å²) < 4.78 is 5.21. The van der Waals surface area contributed by atoms with E-state index in [1.807, 2.05) is 11.0 Å². The second kappa shape index (κ2) is 7.95. The van der Waals surface area contributed by atoms with Crippen molar-refractivity contribution in [2.45, 2.75) is 32.4 Å². The molecule has 26 heavy (non-hydrogen) atoms. The lowest BCUT2D eigenvalue weighted by atomic mass is 10.1. The molecule has 1 atom stereocenters. The minimum absolute atomic E-state index is 0.0372. The molecule has 0 spiro atoms. The summed E-state index contributed by atoms with van der Waals surface area (Å²) >= 11 is 0. The molecular weight excluding hydrogens is 332 g/mol. The van der Waals surface area contributed by atoms with Crippen molar-refractivity contribution in [2.24, 2.45) is 0 Å². The van der Waals surface area contributed by atoms with Crippen LogP contribution in [0.2, 0.25) is 0 Å². The van der Waals surface area contributed by atoms with E-state index in [1.54, 1.807) is 37.5 Å². The molecule has 7 heteroatoms. The van der Waals surface area contributed by atoms with Crippen molar-refractivity contribution >= 4 is 11.8 Å². The molecular formula is C19H22N4O3. The second-order valence-electron chi connectivity index (χ2n) is 6.19. The van der Waals surface area contributed by atoms with E-state index in [-0.39, 0.29) is 24.4 Å². The van der Waals surface area contributed by atoms with Crippen molar-refractivity contribution in [3.8, 4) is 5.75 Å². The third-order valence-corrected chi connectivity index (χ3v) is 4.48. The quantitative estimate of drug-likeness (QED) is 0.889. The van der Waals surface area contributed by atoms with Gasteiger partial charge in [0.2, 0.25) is 5.91 Å². The number of methoxy groups -OCH3 is 1. The third kappa shape index (κ3) is 3.82. The molecule has 136 valence electrons. The highest BCUT2D eigenvalue weighted by Crippen LogP contribution is 2.30. The van der Waals surface area contributed by atoms with Crippen LogP contribution < -0.4 is 10.1 Å². The van der Waals surface area contributed by atoms with Crippen LogP contribution in [-0.4, -0.2) is 40.3 Å². The molecule has 7 nitrogen and oxygen atoms in total. The van der Waals surface area contributed by atoms with Gasteiger partial charge in [-0.3, -0.25) is 19.6 Å². The van der Waals surface area contributed by atoms with Crippen molar-refractivity contribution in [3.05, 3.63) is 53.6 Å². The fraction of sp³-hybridized carbons (Fsp3) is 0.368. The smallest absolute Gasteiger partial charge is 0.255 e. The summed E-state index contributed by atoms with van der Waals surface area (Å²) in [4.78, 5) is 34.8. The molecule has 1 aliphatic heterocycles. The largest absolute Gasteiger partial charge is 0.496 e. The maximum atomic E-state index is 12.4. The maximum absolute atomic E-state index is 12.4. The predicted octanol–water partition coefficient (Wildman–Crippen LogP) is 2.10. The van der Waals surface area contributed by atoms with Gasteiger partial charge in [0, 0.05) is 13.5 Å². The Balaban J connectivity index is 1.69. The standard InChI is InChI=1S/C19H22N4O3/c1-13(24)23-9-5-7-17(23)16-12-20-10-14(22-16)11-21-19(25)15-6-3-4-8-18(15)26-2/h3-4,6,8,10,12,17H,5,7,9,11H2,1-2H3,(H,21,25)/t17-/m0/s1. The normalized spacial score (nSPS) is 16.4. The van der Waals surface area contributed by atoms with E-state index in [2.05, 4.69) is 15.3 Å². The summed E-state index contributed by atoms with van der Waals surface area (Å²) in [5, 5.41) is 2.84. The van der Waals surface area contributed by atoms with Crippen molar-refractivity contribution in [3.63, 3.8) is 0 Å². The van der Waals surface area contributed by atoms with Crippen LogP contribution >= 0.6 is 0 Å². The molecule has 2 heterocycles. The highest BCUT2D eigenvalue weighted by atomic mass is 16.5. The van der Waals surface area contributed by atoms with Crippen LogP contribution in [0.25, 0.3) is 0 Å². The molecule has 2 amide bonds. The van der Waals surface area contributed by atoms with Crippen LogP contribution in [0.5, 0.6) is 5.75 Å². The molecule has 1 aromatic carbocycles. The first-order valence-electron chi connectivity index (χ1n) is 8.59. The van der Waals surface area contributed by atoms with Gasteiger partial charge in [0.15, 0.2) is 0 Å². The predicted molar refractivity (Wildman–Crippen MR) is 95.6 cm³/mol. The van der Waals surface area contributed by atoms with Gasteiger partial charge in [0.1, 0.15) is 5.75 Å². The number of amides is 2. The van der Waals surface area contributed by atoms with Crippen molar-refractivity contribution < 1.29 is 14.3 Å². The molecule has 3 rings (SSSR count). The number of likely N-dealkylation sites (tertiary alicyclic amines) is 1. The Hall–Kier alpha value is -2.96. The molecule has 0 saturated carbocycles. The van der Waals surface area contributed by atoms with Gasteiger partial charge in [-0.25, -0.2) is 0 Å². The average molecular weight is 354 g/mol. The average Bonchev–Trinajstić information content (AvgIpc) is 3.16. The van der Waals surface area contributed by atoms with Crippen LogP contribution in [0.1, 0.15) is 47.6 Å². The fourth-order valence-electron chi connectivity index (χ4n) is 3.22. The lowest BCUT2D eigenvalue weighted by molar-refractivity contribution is -0.129. The number of carbonyl (C=O) groups excluding carboxylic acids is 2. The lowest BCUT2D eigenvalue weighted by Crippen LogP contribution is -2.29. The number of ether oxygens (including phenoxy) is 1. The van der Waals surface area contributed by atoms with Gasteiger partial charge in [-0.15, -0.1) is 0 Å². The van der Waals surface area contributed by atoms with E-state index in [1.165, 1.54) is 7.11 Å². The van der Waals surface area contributed by atoms with Gasteiger partial charge >= 0.3 is 0 Å². The zero-order valence-electron chi connectivity index (χ0n) is 14.9. The minimum Gasteiger partial charge on any atom is -0.496 e.